The fourth-order valence-electron chi connectivity index (χ4n) is 2.44. The van der Waals surface area contributed by atoms with Gasteiger partial charge in [-0.05, 0) is 13.0 Å². The third kappa shape index (κ3) is 2.32. The molecule has 21 heavy (non-hydrogen) atoms. The van der Waals surface area contributed by atoms with Gasteiger partial charge < -0.3 is 25.0 Å². The zero-order valence-corrected chi connectivity index (χ0v) is 11.2. The van der Waals surface area contributed by atoms with Gasteiger partial charge in [-0.15, -0.1) is 0 Å². The molecule has 8 nitrogen and oxygen atoms in total. The summed E-state index contributed by atoms with van der Waals surface area (Å²) in [5, 5.41) is 28.8. The molecule has 1 aliphatic heterocycles. The van der Waals surface area contributed by atoms with Crippen LogP contribution in [-0.4, -0.2) is 55.2 Å². The fourth-order valence-corrected chi connectivity index (χ4v) is 2.44. The van der Waals surface area contributed by atoms with E-state index in [1.807, 2.05) is 0 Å². The third-order valence-corrected chi connectivity index (χ3v) is 3.56. The predicted octanol–water partition coefficient (Wildman–Crippen LogP) is -1.22. The van der Waals surface area contributed by atoms with E-state index in [-0.39, 0.29) is 5.56 Å². The molecule has 0 bridgehead atoms. The van der Waals surface area contributed by atoms with Crippen LogP contribution in [0.15, 0.2) is 17.1 Å². The molecule has 112 valence electrons. The maximum absolute atomic E-state index is 12.1. The number of aliphatic hydroxyl groups is 3. The highest BCUT2D eigenvalue weighted by Crippen LogP contribution is 2.32. The van der Waals surface area contributed by atoms with E-state index in [4.69, 9.17) is 9.84 Å². The Kier molecular flexibility index (Phi) is 3.46. The minimum atomic E-state index is -1.29. The van der Waals surface area contributed by atoms with Gasteiger partial charge in [0.25, 0.3) is 5.56 Å². The summed E-state index contributed by atoms with van der Waals surface area (Å²) in [5.74, 6) is 0. The van der Waals surface area contributed by atoms with Crippen LogP contribution in [0.3, 0.4) is 0 Å². The van der Waals surface area contributed by atoms with Crippen LogP contribution in [0.25, 0.3) is 11.2 Å². The Balaban J connectivity index is 2.07. The monoisotopic (exact) mass is 293 g/mol. The quantitative estimate of drug-likeness (QED) is 0.546. The molecule has 4 unspecified atom stereocenters. The molecule has 8 heteroatoms. The second kappa shape index (κ2) is 5.15. The van der Waals surface area contributed by atoms with Gasteiger partial charge in [-0.2, -0.15) is 0 Å². The van der Waals surface area contributed by atoms with Crippen molar-refractivity contribution in [2.24, 2.45) is 0 Å². The molecule has 3 rings (SSSR count). The molecule has 0 aromatic carbocycles. The van der Waals surface area contributed by atoms with Gasteiger partial charge in [-0.3, -0.25) is 9.78 Å². The number of aliphatic hydroxyl groups excluding tert-OH is 3. The number of pyridine rings is 1. The predicted molar refractivity (Wildman–Crippen MR) is 71.6 cm³/mol. The summed E-state index contributed by atoms with van der Waals surface area (Å²) < 4.78 is 5.36. The van der Waals surface area contributed by atoms with Crippen LogP contribution in [-0.2, 0) is 4.74 Å². The molecule has 4 N–H and O–H groups in total. The second-order valence-electron chi connectivity index (χ2n) is 5.06. The first-order valence-electron chi connectivity index (χ1n) is 6.50. The van der Waals surface area contributed by atoms with E-state index in [2.05, 4.69) is 15.0 Å². The Labute approximate surface area is 119 Å². The SMILES string of the molecule is Cc1cnc2cc(C3OC(CO)C(O)C3O)c(=O)[nH]c2n1. The minimum Gasteiger partial charge on any atom is -0.394 e. The van der Waals surface area contributed by atoms with E-state index in [0.717, 1.165) is 0 Å². The highest BCUT2D eigenvalue weighted by atomic mass is 16.6. The maximum Gasteiger partial charge on any atom is 0.255 e. The Morgan fingerprint density at radius 1 is 1.38 bits per heavy atom. The van der Waals surface area contributed by atoms with Crippen molar-refractivity contribution in [2.75, 3.05) is 6.61 Å². The topological polar surface area (TPSA) is 129 Å². The third-order valence-electron chi connectivity index (χ3n) is 3.56. The number of hydrogen-bond donors (Lipinski definition) is 4. The Morgan fingerprint density at radius 2 is 2.14 bits per heavy atom. The number of H-pyrrole nitrogens is 1. The Morgan fingerprint density at radius 3 is 2.81 bits per heavy atom. The molecule has 2 aromatic heterocycles. The first-order valence-corrected chi connectivity index (χ1v) is 6.50. The number of rotatable bonds is 2. The molecule has 2 aromatic rings. The lowest BCUT2D eigenvalue weighted by molar-refractivity contribution is -0.0231. The lowest BCUT2D eigenvalue weighted by Gasteiger charge is -2.14. The molecule has 0 spiro atoms. The largest absolute Gasteiger partial charge is 0.394 e. The van der Waals surface area contributed by atoms with Crippen LogP contribution in [0.1, 0.15) is 17.4 Å². The smallest absolute Gasteiger partial charge is 0.255 e. The molecule has 0 aliphatic carbocycles. The number of aromatic amines is 1. The molecular weight excluding hydrogens is 278 g/mol. The number of fused-ring (bicyclic) bond motifs is 1. The maximum atomic E-state index is 12.1. The van der Waals surface area contributed by atoms with Gasteiger partial charge in [0.1, 0.15) is 29.9 Å². The highest BCUT2D eigenvalue weighted by Gasteiger charge is 2.44. The van der Waals surface area contributed by atoms with Crippen molar-refractivity contribution in [3.8, 4) is 0 Å². The second-order valence-corrected chi connectivity index (χ2v) is 5.06. The summed E-state index contributed by atoms with van der Waals surface area (Å²) in [4.78, 5) is 23.0. The summed E-state index contributed by atoms with van der Waals surface area (Å²) in [6.45, 7) is 1.31. The van der Waals surface area contributed by atoms with Crippen molar-refractivity contribution in [1.29, 1.82) is 0 Å². The van der Waals surface area contributed by atoms with Gasteiger partial charge in [-0.25, -0.2) is 4.98 Å². The van der Waals surface area contributed by atoms with Crippen LogP contribution in [0, 0.1) is 6.92 Å². The van der Waals surface area contributed by atoms with E-state index in [0.29, 0.717) is 16.9 Å². The van der Waals surface area contributed by atoms with Crippen LogP contribution >= 0.6 is 0 Å². The number of aryl methyl sites for hydroxylation is 1. The number of nitrogens with zero attached hydrogens (tertiary/aromatic N) is 2. The van der Waals surface area contributed by atoms with E-state index in [9.17, 15) is 15.0 Å². The first-order chi connectivity index (χ1) is 10.0. The average Bonchev–Trinajstić information content (AvgIpc) is 2.74. The van der Waals surface area contributed by atoms with Gasteiger partial charge in [0.2, 0.25) is 0 Å². The van der Waals surface area contributed by atoms with Crippen molar-refractivity contribution in [2.45, 2.75) is 31.3 Å². The van der Waals surface area contributed by atoms with Gasteiger partial charge >= 0.3 is 0 Å². The molecule has 1 fully saturated rings. The van der Waals surface area contributed by atoms with Gasteiger partial charge in [0.05, 0.1) is 17.9 Å². The number of ether oxygens (including phenoxy) is 1. The average molecular weight is 293 g/mol. The summed E-state index contributed by atoms with van der Waals surface area (Å²) in [7, 11) is 0. The van der Waals surface area contributed by atoms with Crippen LogP contribution < -0.4 is 5.56 Å². The molecule has 0 amide bonds. The molecule has 1 aliphatic rings. The minimum absolute atomic E-state index is 0.142. The highest BCUT2D eigenvalue weighted by molar-refractivity contribution is 5.70. The standard InChI is InChI=1S/C13H15N3O5/c1-5-3-14-7-2-6(13(20)16-12(7)15-5)11-10(19)9(18)8(4-17)21-11/h2-3,8-11,17-19H,4H2,1H3,(H,15,16,20). The molecule has 3 heterocycles. The zero-order valence-electron chi connectivity index (χ0n) is 11.2. The van der Waals surface area contributed by atoms with Gasteiger partial charge in [0.15, 0.2) is 5.65 Å². The van der Waals surface area contributed by atoms with E-state index >= 15 is 0 Å². The summed E-state index contributed by atoms with van der Waals surface area (Å²) in [6, 6.07) is 1.47. The van der Waals surface area contributed by atoms with Gasteiger partial charge in [0, 0.05) is 6.20 Å². The van der Waals surface area contributed by atoms with E-state index in [1.165, 1.54) is 6.07 Å². The van der Waals surface area contributed by atoms with Crippen molar-refractivity contribution >= 4 is 11.2 Å². The summed E-state index contributed by atoms with van der Waals surface area (Å²) >= 11 is 0. The Hall–Kier alpha value is -1.87. The van der Waals surface area contributed by atoms with Crippen molar-refractivity contribution < 1.29 is 20.1 Å². The molecule has 0 radical (unpaired) electrons. The molecule has 4 atom stereocenters. The summed E-state index contributed by atoms with van der Waals surface area (Å²) in [6.07, 6.45) is -2.93. The number of hydrogen-bond acceptors (Lipinski definition) is 7. The van der Waals surface area contributed by atoms with Crippen molar-refractivity contribution in [3.63, 3.8) is 0 Å². The normalized spacial score (nSPS) is 29.1. The van der Waals surface area contributed by atoms with E-state index < -0.39 is 36.6 Å². The van der Waals surface area contributed by atoms with E-state index in [1.54, 1.807) is 13.1 Å². The zero-order chi connectivity index (χ0) is 15.1. The lowest BCUT2D eigenvalue weighted by Crippen LogP contribution is -2.33. The van der Waals surface area contributed by atoms with Gasteiger partial charge in [-0.1, -0.05) is 0 Å². The Bertz CT molecular complexity index is 731. The van der Waals surface area contributed by atoms with Crippen LogP contribution in [0.2, 0.25) is 0 Å². The molecule has 0 saturated carbocycles. The summed E-state index contributed by atoms with van der Waals surface area (Å²) in [5.41, 5.74) is 1.13. The fraction of sp³-hybridized carbons (Fsp3) is 0.462. The van der Waals surface area contributed by atoms with Crippen molar-refractivity contribution in [3.05, 3.63) is 33.9 Å². The number of nitrogens with one attached hydrogen (secondary N) is 1. The van der Waals surface area contributed by atoms with Crippen LogP contribution in [0.5, 0.6) is 0 Å². The van der Waals surface area contributed by atoms with Crippen molar-refractivity contribution in [1.82, 2.24) is 15.0 Å². The number of aromatic nitrogens is 3. The molecular formula is C13H15N3O5. The molecule has 1 saturated heterocycles. The van der Waals surface area contributed by atoms with Crippen LogP contribution in [0.4, 0.5) is 0 Å². The lowest BCUT2D eigenvalue weighted by atomic mass is 10.0. The first kappa shape index (κ1) is 14.1.